The molecule has 3 N–H and O–H groups in total. The van der Waals surface area contributed by atoms with E-state index >= 15 is 0 Å². The Balaban J connectivity index is 1.87. The molecule has 1 aromatic heterocycles. The first-order valence-electron chi connectivity index (χ1n) is 8.64. The number of carbonyl (C=O) groups excluding carboxylic acids is 1. The number of hydrogen-bond acceptors (Lipinski definition) is 4. The minimum Gasteiger partial charge on any atom is -0.326 e. The van der Waals surface area contributed by atoms with Crippen LogP contribution in [-0.2, 0) is 27.8 Å². The average molecular weight is 455 g/mol. The van der Waals surface area contributed by atoms with Crippen LogP contribution in [-0.4, -0.2) is 30.5 Å². The molecule has 0 saturated heterocycles. The smallest absolute Gasteiger partial charge is 0.257 e. The van der Waals surface area contributed by atoms with Gasteiger partial charge >= 0.3 is 0 Å². The van der Waals surface area contributed by atoms with Gasteiger partial charge < -0.3 is 5.32 Å². The second kappa shape index (κ2) is 8.90. The van der Waals surface area contributed by atoms with E-state index in [4.69, 9.17) is 16.7 Å². The van der Waals surface area contributed by atoms with Crippen molar-refractivity contribution in [1.29, 1.82) is 0 Å². The highest BCUT2D eigenvalue weighted by atomic mass is 35.5. The summed E-state index contributed by atoms with van der Waals surface area (Å²) < 4.78 is 50.2. The molecule has 11 heteroatoms. The first kappa shape index (κ1) is 21.9. The van der Waals surface area contributed by atoms with Crippen molar-refractivity contribution in [1.82, 2.24) is 9.78 Å². The van der Waals surface area contributed by atoms with Crippen LogP contribution in [0.2, 0.25) is 5.02 Å². The molecule has 0 radical (unpaired) electrons. The maximum absolute atomic E-state index is 12.5. The van der Waals surface area contributed by atoms with E-state index in [1.165, 1.54) is 30.6 Å². The van der Waals surface area contributed by atoms with Gasteiger partial charge in [-0.2, -0.15) is 5.10 Å². The molecular formula is C19H17ClF2N4O3S. The zero-order chi connectivity index (χ0) is 21.9. The standard InChI is InChI=1S/C19H17ClF2N4O3S/c20-16-4-2-1-3-12(16)7-19(27)25-14-5-6-15(17(8-14)30(23,28)29)13-9-24-26(10-13)11-18(21)22/h1-6,8-10,18H,7,11H2,(H,25,27)(H2,23,28,29). The number of nitrogens with zero attached hydrogens (tertiary/aromatic N) is 2. The zero-order valence-electron chi connectivity index (χ0n) is 15.4. The fourth-order valence-corrected chi connectivity index (χ4v) is 3.82. The molecule has 0 saturated carbocycles. The first-order valence-corrected chi connectivity index (χ1v) is 10.6. The Labute approximate surface area is 176 Å². The Hall–Kier alpha value is -2.82. The first-order chi connectivity index (χ1) is 14.1. The van der Waals surface area contributed by atoms with Crippen molar-refractivity contribution >= 4 is 33.2 Å². The number of benzene rings is 2. The molecule has 0 fully saturated rings. The number of nitrogens with two attached hydrogens (primary N) is 1. The van der Waals surface area contributed by atoms with E-state index < -0.39 is 28.9 Å². The average Bonchev–Trinajstić information content (AvgIpc) is 3.10. The van der Waals surface area contributed by atoms with Gasteiger partial charge in [0.15, 0.2) is 0 Å². The molecule has 7 nitrogen and oxygen atoms in total. The van der Waals surface area contributed by atoms with Crippen LogP contribution in [0.4, 0.5) is 14.5 Å². The van der Waals surface area contributed by atoms with Crippen LogP contribution >= 0.6 is 11.6 Å². The summed E-state index contributed by atoms with van der Waals surface area (Å²) in [7, 11) is -4.18. The lowest BCUT2D eigenvalue weighted by atomic mass is 10.1. The van der Waals surface area contributed by atoms with E-state index in [0.29, 0.717) is 16.1 Å². The van der Waals surface area contributed by atoms with Gasteiger partial charge in [-0.3, -0.25) is 9.48 Å². The molecule has 0 aliphatic heterocycles. The topological polar surface area (TPSA) is 107 Å². The van der Waals surface area contributed by atoms with Crippen molar-refractivity contribution in [2.75, 3.05) is 5.32 Å². The van der Waals surface area contributed by atoms with Crippen molar-refractivity contribution in [2.45, 2.75) is 24.3 Å². The highest BCUT2D eigenvalue weighted by Crippen LogP contribution is 2.29. The Kier molecular flexibility index (Phi) is 6.49. The Morgan fingerprint density at radius 2 is 1.97 bits per heavy atom. The third-order valence-electron chi connectivity index (χ3n) is 4.15. The van der Waals surface area contributed by atoms with E-state index in [1.807, 2.05) is 0 Å². The van der Waals surface area contributed by atoms with Crippen LogP contribution in [0.1, 0.15) is 5.56 Å². The monoisotopic (exact) mass is 454 g/mol. The molecular weight excluding hydrogens is 438 g/mol. The lowest BCUT2D eigenvalue weighted by Gasteiger charge is -2.11. The summed E-state index contributed by atoms with van der Waals surface area (Å²) in [6, 6.07) is 11.0. The molecule has 0 aliphatic carbocycles. The van der Waals surface area contributed by atoms with Crippen molar-refractivity contribution in [3.63, 3.8) is 0 Å². The molecule has 158 valence electrons. The highest BCUT2D eigenvalue weighted by Gasteiger charge is 2.19. The van der Waals surface area contributed by atoms with Gasteiger partial charge in [-0.15, -0.1) is 0 Å². The molecule has 0 unspecified atom stereocenters. The number of aromatic nitrogens is 2. The van der Waals surface area contributed by atoms with Gasteiger partial charge in [-0.1, -0.05) is 35.9 Å². The van der Waals surface area contributed by atoms with E-state index in [2.05, 4.69) is 10.4 Å². The number of sulfonamides is 1. The number of carbonyl (C=O) groups is 1. The normalized spacial score (nSPS) is 11.6. The summed E-state index contributed by atoms with van der Waals surface area (Å²) in [6.07, 6.45) is -0.0494. The molecule has 30 heavy (non-hydrogen) atoms. The molecule has 0 atom stereocenters. The maximum Gasteiger partial charge on any atom is 0.257 e. The number of anilines is 1. The fourth-order valence-electron chi connectivity index (χ4n) is 2.84. The summed E-state index contributed by atoms with van der Waals surface area (Å²) in [5.74, 6) is -0.402. The van der Waals surface area contributed by atoms with E-state index in [0.717, 1.165) is 4.68 Å². The molecule has 0 bridgehead atoms. The van der Waals surface area contributed by atoms with Gasteiger partial charge in [0.05, 0.1) is 17.5 Å². The van der Waals surface area contributed by atoms with Crippen molar-refractivity contribution < 1.29 is 22.0 Å². The predicted molar refractivity (Wildman–Crippen MR) is 109 cm³/mol. The van der Waals surface area contributed by atoms with Crippen LogP contribution in [0.5, 0.6) is 0 Å². The SMILES string of the molecule is NS(=O)(=O)c1cc(NC(=O)Cc2ccccc2Cl)ccc1-c1cnn(CC(F)F)c1. The van der Waals surface area contributed by atoms with Gasteiger partial charge in [0.25, 0.3) is 6.43 Å². The molecule has 1 heterocycles. The summed E-state index contributed by atoms with van der Waals surface area (Å²) in [5.41, 5.74) is 1.31. The molecule has 2 aromatic carbocycles. The quantitative estimate of drug-likeness (QED) is 0.571. The van der Waals surface area contributed by atoms with E-state index in [1.54, 1.807) is 24.3 Å². The summed E-state index contributed by atoms with van der Waals surface area (Å²) in [6.45, 7) is -0.624. The lowest BCUT2D eigenvalue weighted by molar-refractivity contribution is -0.115. The molecule has 1 amide bonds. The lowest BCUT2D eigenvalue weighted by Crippen LogP contribution is -2.17. The van der Waals surface area contributed by atoms with Crippen LogP contribution in [0.3, 0.4) is 0 Å². The minimum absolute atomic E-state index is 0.00741. The third-order valence-corrected chi connectivity index (χ3v) is 5.47. The van der Waals surface area contributed by atoms with Gasteiger partial charge in [-0.25, -0.2) is 22.3 Å². The van der Waals surface area contributed by atoms with Crippen molar-refractivity contribution in [3.05, 3.63) is 65.4 Å². The van der Waals surface area contributed by atoms with E-state index in [-0.39, 0.29) is 22.6 Å². The number of amides is 1. The van der Waals surface area contributed by atoms with Crippen LogP contribution in [0.15, 0.2) is 59.8 Å². The third kappa shape index (κ3) is 5.41. The summed E-state index contributed by atoms with van der Waals surface area (Å²) >= 11 is 6.05. The number of nitrogens with one attached hydrogen (secondary N) is 1. The Morgan fingerprint density at radius 3 is 2.63 bits per heavy atom. The van der Waals surface area contributed by atoms with Gasteiger partial charge in [-0.05, 0) is 23.8 Å². The minimum atomic E-state index is -4.18. The number of hydrogen-bond donors (Lipinski definition) is 2. The van der Waals surface area contributed by atoms with Crippen LogP contribution in [0, 0.1) is 0 Å². The Bertz CT molecular complexity index is 1180. The van der Waals surface area contributed by atoms with Gasteiger partial charge in [0.2, 0.25) is 15.9 Å². The molecule has 0 aliphatic rings. The van der Waals surface area contributed by atoms with E-state index in [9.17, 15) is 22.0 Å². The number of primary sulfonamides is 1. The van der Waals surface area contributed by atoms with Crippen LogP contribution in [0.25, 0.3) is 11.1 Å². The van der Waals surface area contributed by atoms with Gasteiger partial charge in [0.1, 0.15) is 6.54 Å². The number of alkyl halides is 2. The molecule has 3 aromatic rings. The maximum atomic E-state index is 12.5. The molecule has 0 spiro atoms. The molecule has 3 rings (SSSR count). The largest absolute Gasteiger partial charge is 0.326 e. The number of rotatable bonds is 7. The second-order valence-electron chi connectivity index (χ2n) is 6.41. The summed E-state index contributed by atoms with van der Waals surface area (Å²) in [5, 5.41) is 12.2. The number of halogens is 3. The fraction of sp³-hybridized carbons (Fsp3) is 0.158. The second-order valence-corrected chi connectivity index (χ2v) is 8.35. The zero-order valence-corrected chi connectivity index (χ0v) is 17.0. The van der Waals surface area contributed by atoms with Crippen molar-refractivity contribution in [3.8, 4) is 11.1 Å². The van der Waals surface area contributed by atoms with Crippen LogP contribution < -0.4 is 10.5 Å². The highest BCUT2D eigenvalue weighted by molar-refractivity contribution is 7.89. The Morgan fingerprint density at radius 1 is 1.23 bits per heavy atom. The van der Waals surface area contributed by atoms with Crippen molar-refractivity contribution in [2.24, 2.45) is 5.14 Å². The van der Waals surface area contributed by atoms with Gasteiger partial charge in [0, 0.05) is 28.0 Å². The summed E-state index contributed by atoms with van der Waals surface area (Å²) in [4.78, 5) is 12.1. The predicted octanol–water partition coefficient (Wildman–Crippen LogP) is 3.30.